The Morgan fingerprint density at radius 3 is 2.75 bits per heavy atom. The summed E-state index contributed by atoms with van der Waals surface area (Å²) in [6.45, 7) is 1.69. The van der Waals surface area contributed by atoms with Gasteiger partial charge in [0.25, 0.3) is 5.91 Å². The summed E-state index contributed by atoms with van der Waals surface area (Å²) in [5.41, 5.74) is 5.02. The van der Waals surface area contributed by atoms with Crippen LogP contribution in [0.15, 0.2) is 34.9 Å². The zero-order valence-electron chi connectivity index (χ0n) is 13.1. The molecule has 1 atom stereocenters. The number of halogens is 3. The molecule has 8 heteroatoms. The van der Waals surface area contributed by atoms with Gasteiger partial charge in [0.1, 0.15) is 6.26 Å². The monoisotopic (exact) mass is 341 g/mol. The van der Waals surface area contributed by atoms with Crippen molar-refractivity contribution in [2.45, 2.75) is 38.5 Å². The van der Waals surface area contributed by atoms with Gasteiger partial charge in [-0.1, -0.05) is 31.5 Å². The van der Waals surface area contributed by atoms with E-state index < -0.39 is 23.7 Å². The Kier molecular flexibility index (Phi) is 5.61. The first-order chi connectivity index (χ1) is 11.3. The van der Waals surface area contributed by atoms with Crippen LogP contribution in [-0.2, 0) is 12.7 Å². The molecular formula is C16H18F3N3O2. The minimum absolute atomic E-state index is 0.0129. The van der Waals surface area contributed by atoms with E-state index in [2.05, 4.69) is 10.3 Å². The van der Waals surface area contributed by atoms with Gasteiger partial charge in [0, 0.05) is 6.54 Å². The molecule has 0 saturated heterocycles. The van der Waals surface area contributed by atoms with E-state index in [0.717, 1.165) is 18.8 Å². The van der Waals surface area contributed by atoms with E-state index in [0.29, 0.717) is 6.42 Å². The number of benzene rings is 1. The molecule has 1 amide bonds. The highest BCUT2D eigenvalue weighted by Gasteiger charge is 2.32. The second kappa shape index (κ2) is 7.48. The van der Waals surface area contributed by atoms with Gasteiger partial charge in [-0.05, 0) is 18.1 Å². The zero-order chi connectivity index (χ0) is 17.7. The minimum atomic E-state index is -4.48. The predicted molar refractivity (Wildman–Crippen MR) is 81.0 cm³/mol. The maximum Gasteiger partial charge on any atom is 0.416 e. The van der Waals surface area contributed by atoms with Crippen molar-refractivity contribution in [1.29, 1.82) is 0 Å². The van der Waals surface area contributed by atoms with Crippen LogP contribution in [0.4, 0.5) is 13.2 Å². The number of rotatable bonds is 6. The number of amides is 1. The molecule has 130 valence electrons. The summed E-state index contributed by atoms with van der Waals surface area (Å²) in [6, 6.07) is 4.65. The Hall–Kier alpha value is -2.35. The van der Waals surface area contributed by atoms with Crippen molar-refractivity contribution in [2.24, 2.45) is 5.73 Å². The number of hydrogen-bond acceptors (Lipinski definition) is 4. The normalized spacial score (nSPS) is 12.9. The van der Waals surface area contributed by atoms with E-state index in [4.69, 9.17) is 10.2 Å². The van der Waals surface area contributed by atoms with Gasteiger partial charge < -0.3 is 15.5 Å². The summed E-state index contributed by atoms with van der Waals surface area (Å²) in [7, 11) is 0. The number of aromatic nitrogens is 1. The van der Waals surface area contributed by atoms with Gasteiger partial charge in [-0.25, -0.2) is 4.98 Å². The van der Waals surface area contributed by atoms with E-state index in [-0.39, 0.29) is 23.7 Å². The third-order valence-electron chi connectivity index (χ3n) is 3.43. The Bertz CT molecular complexity index is 698. The molecule has 5 nitrogen and oxygen atoms in total. The summed E-state index contributed by atoms with van der Waals surface area (Å²) in [5, 5.41) is 2.41. The number of carbonyl (C=O) groups is 1. The van der Waals surface area contributed by atoms with E-state index in [1.165, 1.54) is 18.2 Å². The molecule has 0 aliphatic heterocycles. The molecule has 1 heterocycles. The van der Waals surface area contributed by atoms with Crippen LogP contribution < -0.4 is 11.1 Å². The van der Waals surface area contributed by atoms with Crippen molar-refractivity contribution in [2.75, 3.05) is 0 Å². The minimum Gasteiger partial charge on any atom is -0.446 e. The number of alkyl halides is 3. The van der Waals surface area contributed by atoms with Gasteiger partial charge in [-0.3, -0.25) is 4.79 Å². The summed E-state index contributed by atoms with van der Waals surface area (Å²) in [6.07, 6.45) is -1.84. The molecule has 2 aromatic rings. The van der Waals surface area contributed by atoms with Crippen molar-refractivity contribution in [3.8, 4) is 0 Å². The number of nitrogens with two attached hydrogens (primary N) is 1. The Labute approximate surface area is 137 Å². The van der Waals surface area contributed by atoms with E-state index >= 15 is 0 Å². The summed E-state index contributed by atoms with van der Waals surface area (Å²) in [4.78, 5) is 16.0. The summed E-state index contributed by atoms with van der Waals surface area (Å²) >= 11 is 0. The zero-order valence-corrected chi connectivity index (χ0v) is 13.1. The first kappa shape index (κ1) is 18.0. The molecule has 0 radical (unpaired) electrons. The highest BCUT2D eigenvalue weighted by atomic mass is 19.4. The lowest BCUT2D eigenvalue weighted by atomic mass is 10.1. The average Bonchev–Trinajstić information content (AvgIpc) is 3.02. The number of oxazole rings is 1. The third kappa shape index (κ3) is 4.35. The molecule has 1 aromatic heterocycles. The van der Waals surface area contributed by atoms with Gasteiger partial charge in [0.05, 0.1) is 11.6 Å². The van der Waals surface area contributed by atoms with Crippen molar-refractivity contribution >= 4 is 5.91 Å². The maximum absolute atomic E-state index is 12.9. The van der Waals surface area contributed by atoms with E-state index in [1.54, 1.807) is 0 Å². The molecule has 3 N–H and O–H groups in total. The molecular weight excluding hydrogens is 323 g/mol. The lowest BCUT2D eigenvalue weighted by Crippen LogP contribution is -2.25. The van der Waals surface area contributed by atoms with Crippen molar-refractivity contribution < 1.29 is 22.4 Å². The molecule has 1 aromatic carbocycles. The van der Waals surface area contributed by atoms with Gasteiger partial charge in [-0.2, -0.15) is 13.2 Å². The Morgan fingerprint density at radius 1 is 1.38 bits per heavy atom. The molecule has 24 heavy (non-hydrogen) atoms. The van der Waals surface area contributed by atoms with Crippen LogP contribution in [0.1, 0.15) is 53.3 Å². The van der Waals surface area contributed by atoms with Crippen LogP contribution in [0.5, 0.6) is 0 Å². The van der Waals surface area contributed by atoms with Crippen LogP contribution in [-0.4, -0.2) is 10.9 Å². The maximum atomic E-state index is 12.9. The molecule has 0 saturated carbocycles. The van der Waals surface area contributed by atoms with Crippen LogP contribution in [0, 0.1) is 0 Å². The van der Waals surface area contributed by atoms with Crippen LogP contribution in [0.2, 0.25) is 0 Å². The van der Waals surface area contributed by atoms with E-state index in [9.17, 15) is 18.0 Å². The topological polar surface area (TPSA) is 81.1 Å². The van der Waals surface area contributed by atoms with Gasteiger partial charge >= 0.3 is 6.18 Å². The molecule has 0 bridgehead atoms. The fourth-order valence-electron chi connectivity index (χ4n) is 2.21. The van der Waals surface area contributed by atoms with E-state index in [1.807, 2.05) is 6.92 Å². The SMILES string of the molecule is CCCC(N)c1nc(C(=O)NCc2ccccc2C(F)(F)F)co1. The quantitative estimate of drug-likeness (QED) is 0.843. The van der Waals surface area contributed by atoms with Crippen LogP contribution >= 0.6 is 0 Å². The average molecular weight is 341 g/mol. The first-order valence-electron chi connectivity index (χ1n) is 7.47. The lowest BCUT2D eigenvalue weighted by molar-refractivity contribution is -0.138. The van der Waals surface area contributed by atoms with Crippen molar-refractivity contribution in [1.82, 2.24) is 10.3 Å². The highest BCUT2D eigenvalue weighted by Crippen LogP contribution is 2.31. The second-order valence-electron chi connectivity index (χ2n) is 5.30. The molecule has 0 aliphatic carbocycles. The fourth-order valence-corrected chi connectivity index (χ4v) is 2.21. The van der Waals surface area contributed by atoms with Crippen molar-refractivity contribution in [3.05, 3.63) is 53.2 Å². The fraction of sp³-hybridized carbons (Fsp3) is 0.375. The first-order valence-corrected chi connectivity index (χ1v) is 7.47. The van der Waals surface area contributed by atoms with Crippen LogP contribution in [0.3, 0.4) is 0 Å². The molecule has 0 spiro atoms. The van der Waals surface area contributed by atoms with Crippen molar-refractivity contribution in [3.63, 3.8) is 0 Å². The van der Waals surface area contributed by atoms with Gasteiger partial charge in [0.2, 0.25) is 5.89 Å². The molecule has 0 fully saturated rings. The number of nitrogens with zero attached hydrogens (tertiary/aromatic N) is 1. The Morgan fingerprint density at radius 2 is 2.08 bits per heavy atom. The largest absolute Gasteiger partial charge is 0.446 e. The number of carbonyl (C=O) groups excluding carboxylic acids is 1. The number of hydrogen-bond donors (Lipinski definition) is 2. The summed E-state index contributed by atoms with van der Waals surface area (Å²) in [5.74, 6) is -0.386. The standard InChI is InChI=1S/C16H18F3N3O2/c1-2-5-12(20)15-22-13(9-24-15)14(23)21-8-10-6-3-4-7-11(10)16(17,18)19/h3-4,6-7,9,12H,2,5,8,20H2,1H3,(H,21,23). The van der Waals surface area contributed by atoms with Crippen LogP contribution in [0.25, 0.3) is 0 Å². The van der Waals surface area contributed by atoms with Gasteiger partial charge in [-0.15, -0.1) is 0 Å². The molecule has 1 unspecified atom stereocenters. The smallest absolute Gasteiger partial charge is 0.416 e. The number of nitrogens with one attached hydrogen (secondary N) is 1. The summed E-state index contributed by atoms with van der Waals surface area (Å²) < 4.78 is 43.9. The highest BCUT2D eigenvalue weighted by molar-refractivity contribution is 5.91. The second-order valence-corrected chi connectivity index (χ2v) is 5.30. The Balaban J connectivity index is 2.04. The predicted octanol–water partition coefficient (Wildman–Crippen LogP) is 3.42. The lowest BCUT2D eigenvalue weighted by Gasteiger charge is -2.12. The molecule has 2 rings (SSSR count). The molecule has 0 aliphatic rings. The third-order valence-corrected chi connectivity index (χ3v) is 3.43. The van der Waals surface area contributed by atoms with Gasteiger partial charge in [0.15, 0.2) is 5.69 Å².